The molecule has 2 aromatic rings. The number of rotatable bonds is 8. The number of carbonyl (C=O) groups excluding carboxylic acids is 2. The Morgan fingerprint density at radius 1 is 1.04 bits per heavy atom. The van der Waals surface area contributed by atoms with Gasteiger partial charge in [-0.2, -0.15) is 0 Å². The number of sulfone groups is 1. The highest BCUT2D eigenvalue weighted by Gasteiger charge is 2.12. The van der Waals surface area contributed by atoms with Crippen molar-refractivity contribution < 1.29 is 22.4 Å². The van der Waals surface area contributed by atoms with Crippen LogP contribution >= 0.6 is 0 Å². The Bertz CT molecular complexity index is 933. The molecule has 3 amide bonds. The number of amides is 3. The molecular weight excluding hydrogens is 385 g/mol. The van der Waals surface area contributed by atoms with Gasteiger partial charge in [0.25, 0.3) is 0 Å². The van der Waals surface area contributed by atoms with Crippen LogP contribution in [0.25, 0.3) is 0 Å². The summed E-state index contributed by atoms with van der Waals surface area (Å²) in [7, 11) is -3.27. The van der Waals surface area contributed by atoms with E-state index in [1.807, 2.05) is 6.07 Å². The molecule has 9 heteroatoms. The fourth-order valence-electron chi connectivity index (χ4n) is 2.46. The van der Waals surface area contributed by atoms with E-state index in [-0.39, 0.29) is 30.2 Å². The normalized spacial score (nSPS) is 10.9. The van der Waals surface area contributed by atoms with Gasteiger partial charge < -0.3 is 16.0 Å². The molecule has 0 fully saturated rings. The molecule has 2 aromatic carbocycles. The van der Waals surface area contributed by atoms with Gasteiger partial charge >= 0.3 is 6.03 Å². The van der Waals surface area contributed by atoms with Crippen LogP contribution in [0.4, 0.5) is 20.6 Å². The third-order valence-electron chi connectivity index (χ3n) is 3.68. The van der Waals surface area contributed by atoms with Crippen LogP contribution in [0.2, 0.25) is 0 Å². The first-order valence-electron chi connectivity index (χ1n) is 8.61. The molecule has 3 N–H and O–H groups in total. The number of nitrogens with one attached hydrogen (secondary N) is 3. The van der Waals surface area contributed by atoms with Gasteiger partial charge in [-0.3, -0.25) is 4.79 Å². The fourth-order valence-corrected chi connectivity index (χ4v) is 3.89. The molecule has 0 saturated carbocycles. The zero-order valence-corrected chi connectivity index (χ0v) is 16.2. The van der Waals surface area contributed by atoms with Crippen molar-refractivity contribution in [3.8, 4) is 0 Å². The van der Waals surface area contributed by atoms with Crippen LogP contribution in [-0.4, -0.2) is 32.7 Å². The van der Waals surface area contributed by atoms with Crippen LogP contribution in [-0.2, 0) is 20.4 Å². The maximum Gasteiger partial charge on any atom is 0.319 e. The Kier molecular flexibility index (Phi) is 7.51. The van der Waals surface area contributed by atoms with Gasteiger partial charge in [0.05, 0.1) is 17.2 Å². The lowest BCUT2D eigenvalue weighted by atomic mass is 10.2. The topological polar surface area (TPSA) is 104 Å². The largest absolute Gasteiger partial charge is 0.338 e. The molecule has 0 aromatic heterocycles. The van der Waals surface area contributed by atoms with Gasteiger partial charge in [-0.05, 0) is 30.2 Å². The first-order valence-corrected chi connectivity index (χ1v) is 10.4. The van der Waals surface area contributed by atoms with E-state index < -0.39 is 27.6 Å². The number of anilines is 2. The SMILES string of the molecule is CC(=O)Nc1cc(NC(=O)NCCCS(=O)(=O)Cc2ccccc2)ccc1F. The fraction of sp³-hybridized carbons (Fsp3) is 0.263. The predicted molar refractivity (Wildman–Crippen MR) is 106 cm³/mol. The zero-order valence-electron chi connectivity index (χ0n) is 15.4. The summed E-state index contributed by atoms with van der Waals surface area (Å²) < 4.78 is 37.8. The average Bonchev–Trinajstić information content (AvgIpc) is 2.62. The Labute approximate surface area is 163 Å². The van der Waals surface area contributed by atoms with Gasteiger partial charge in [0, 0.05) is 19.2 Å². The lowest BCUT2D eigenvalue weighted by molar-refractivity contribution is -0.114. The Balaban J connectivity index is 1.77. The molecule has 0 spiro atoms. The molecule has 28 heavy (non-hydrogen) atoms. The summed E-state index contributed by atoms with van der Waals surface area (Å²) in [6.45, 7) is 1.41. The van der Waals surface area contributed by atoms with Crippen LogP contribution in [0.3, 0.4) is 0 Å². The van der Waals surface area contributed by atoms with E-state index in [0.717, 1.165) is 11.6 Å². The lowest BCUT2D eigenvalue weighted by Crippen LogP contribution is -2.30. The molecule has 0 heterocycles. The second kappa shape index (κ2) is 9.84. The molecule has 150 valence electrons. The third kappa shape index (κ3) is 7.36. The van der Waals surface area contributed by atoms with Crippen LogP contribution in [0.15, 0.2) is 48.5 Å². The van der Waals surface area contributed by atoms with Gasteiger partial charge in [0.2, 0.25) is 5.91 Å². The molecule has 0 radical (unpaired) electrons. The van der Waals surface area contributed by atoms with Crippen molar-refractivity contribution in [3.05, 3.63) is 59.9 Å². The summed E-state index contributed by atoms with van der Waals surface area (Å²) in [6.07, 6.45) is 0.267. The molecule has 0 aliphatic carbocycles. The molecule has 0 bridgehead atoms. The van der Waals surface area contributed by atoms with Crippen LogP contribution in [0.5, 0.6) is 0 Å². The first kappa shape index (κ1) is 21.4. The number of benzene rings is 2. The van der Waals surface area contributed by atoms with Gasteiger partial charge in [-0.25, -0.2) is 17.6 Å². The summed E-state index contributed by atoms with van der Waals surface area (Å²) in [5, 5.41) is 7.37. The van der Waals surface area contributed by atoms with Crippen LogP contribution in [0, 0.1) is 5.82 Å². The number of hydrogen-bond acceptors (Lipinski definition) is 4. The summed E-state index contributed by atoms with van der Waals surface area (Å²) >= 11 is 0. The monoisotopic (exact) mass is 407 g/mol. The molecule has 0 aliphatic heterocycles. The van der Waals surface area contributed by atoms with Crippen molar-refractivity contribution in [2.75, 3.05) is 22.9 Å². The van der Waals surface area contributed by atoms with E-state index in [4.69, 9.17) is 0 Å². The quantitative estimate of drug-likeness (QED) is 0.585. The number of halogens is 1. The van der Waals surface area contributed by atoms with E-state index in [2.05, 4.69) is 16.0 Å². The molecule has 2 rings (SSSR count). The van der Waals surface area contributed by atoms with Gasteiger partial charge in [0.15, 0.2) is 9.84 Å². The van der Waals surface area contributed by atoms with E-state index in [1.54, 1.807) is 24.3 Å². The van der Waals surface area contributed by atoms with Crippen LogP contribution < -0.4 is 16.0 Å². The van der Waals surface area contributed by atoms with E-state index in [1.165, 1.54) is 19.1 Å². The van der Waals surface area contributed by atoms with Gasteiger partial charge in [-0.1, -0.05) is 30.3 Å². The molecule has 0 unspecified atom stereocenters. The first-order chi connectivity index (χ1) is 13.2. The molecule has 7 nitrogen and oxygen atoms in total. The van der Waals surface area contributed by atoms with Crippen molar-refractivity contribution >= 4 is 33.2 Å². The number of hydrogen-bond donors (Lipinski definition) is 3. The second-order valence-corrected chi connectivity index (χ2v) is 8.37. The lowest BCUT2D eigenvalue weighted by Gasteiger charge is -2.10. The minimum Gasteiger partial charge on any atom is -0.338 e. The summed E-state index contributed by atoms with van der Waals surface area (Å²) in [4.78, 5) is 22.9. The van der Waals surface area contributed by atoms with Crippen molar-refractivity contribution in [1.29, 1.82) is 0 Å². The van der Waals surface area contributed by atoms with Gasteiger partial charge in [-0.15, -0.1) is 0 Å². The average molecular weight is 407 g/mol. The second-order valence-electron chi connectivity index (χ2n) is 6.19. The third-order valence-corrected chi connectivity index (χ3v) is 5.37. The van der Waals surface area contributed by atoms with Crippen molar-refractivity contribution in [2.24, 2.45) is 0 Å². The predicted octanol–water partition coefficient (Wildman–Crippen LogP) is 2.91. The minimum absolute atomic E-state index is 0.0401. The van der Waals surface area contributed by atoms with Crippen molar-refractivity contribution in [2.45, 2.75) is 19.1 Å². The highest BCUT2D eigenvalue weighted by Crippen LogP contribution is 2.19. The zero-order chi connectivity index (χ0) is 20.6. The summed E-state index contributed by atoms with van der Waals surface area (Å²) in [5.74, 6) is -1.14. The Hall–Kier alpha value is -2.94. The molecule has 0 saturated heterocycles. The molecule has 0 aliphatic rings. The van der Waals surface area contributed by atoms with E-state index in [9.17, 15) is 22.4 Å². The van der Waals surface area contributed by atoms with Crippen LogP contribution in [0.1, 0.15) is 18.9 Å². The standard InChI is InChI=1S/C19H22FN3O4S/c1-14(24)22-18-12-16(8-9-17(18)20)23-19(25)21-10-5-11-28(26,27)13-15-6-3-2-4-7-15/h2-4,6-9,12H,5,10-11,13H2,1H3,(H,22,24)(H2,21,23,25). The maximum absolute atomic E-state index is 13.6. The van der Waals surface area contributed by atoms with Gasteiger partial charge in [0.1, 0.15) is 5.82 Å². The van der Waals surface area contributed by atoms with Crippen molar-refractivity contribution in [1.82, 2.24) is 5.32 Å². The molecule has 0 atom stereocenters. The van der Waals surface area contributed by atoms with E-state index in [0.29, 0.717) is 5.69 Å². The minimum atomic E-state index is -3.27. The summed E-state index contributed by atoms with van der Waals surface area (Å²) in [6, 6.07) is 12.1. The number of urea groups is 1. The molecular formula is C19H22FN3O4S. The Morgan fingerprint density at radius 2 is 1.75 bits per heavy atom. The highest BCUT2D eigenvalue weighted by atomic mass is 32.2. The Morgan fingerprint density at radius 3 is 2.43 bits per heavy atom. The summed E-state index contributed by atoms with van der Waals surface area (Å²) in [5.41, 5.74) is 0.969. The smallest absolute Gasteiger partial charge is 0.319 e. The van der Waals surface area contributed by atoms with Crippen molar-refractivity contribution in [3.63, 3.8) is 0 Å². The van der Waals surface area contributed by atoms with E-state index >= 15 is 0 Å². The maximum atomic E-state index is 13.6. The number of carbonyl (C=O) groups is 2. The highest BCUT2D eigenvalue weighted by molar-refractivity contribution is 7.90.